The van der Waals surface area contributed by atoms with Gasteiger partial charge in [0.1, 0.15) is 6.07 Å². The number of aromatic nitrogens is 5. The number of rotatable bonds is 5. The SMILES string of the molecule is N#Cc1cc(-n2c3ccccc3c3ccccc32)cc(-c2nc(-c3ccccc3)nc(-c3ccccc3)n2)c1-n1c2ccccc2c2ccccc21. The van der Waals surface area contributed by atoms with Crippen molar-refractivity contribution in [3.8, 4) is 51.6 Å². The molecule has 0 aliphatic carbocycles. The van der Waals surface area contributed by atoms with Crippen LogP contribution in [0.4, 0.5) is 0 Å². The van der Waals surface area contributed by atoms with Crippen LogP contribution in [0.25, 0.3) is 89.2 Å². The Balaban J connectivity index is 1.37. The lowest BCUT2D eigenvalue weighted by Gasteiger charge is -2.19. The number of hydrogen-bond donors (Lipinski definition) is 0. The molecule has 52 heavy (non-hydrogen) atoms. The number of hydrogen-bond acceptors (Lipinski definition) is 4. The van der Waals surface area contributed by atoms with E-state index in [1.807, 2.05) is 78.9 Å². The molecule has 0 saturated heterocycles. The van der Waals surface area contributed by atoms with Crippen LogP contribution in [0.5, 0.6) is 0 Å². The topological polar surface area (TPSA) is 72.3 Å². The van der Waals surface area contributed by atoms with Gasteiger partial charge in [-0.25, -0.2) is 15.0 Å². The van der Waals surface area contributed by atoms with Crippen molar-refractivity contribution >= 4 is 43.6 Å². The first kappa shape index (κ1) is 29.5. The largest absolute Gasteiger partial charge is 0.309 e. The van der Waals surface area contributed by atoms with Crippen LogP contribution in [0, 0.1) is 11.3 Å². The molecule has 0 spiro atoms. The molecule has 0 amide bonds. The zero-order chi connectivity index (χ0) is 34.6. The van der Waals surface area contributed by atoms with E-state index in [-0.39, 0.29) is 0 Å². The minimum Gasteiger partial charge on any atom is -0.309 e. The highest BCUT2D eigenvalue weighted by molar-refractivity contribution is 6.11. The predicted octanol–water partition coefficient (Wildman–Crippen LogP) is 10.9. The molecule has 6 nitrogen and oxygen atoms in total. The third kappa shape index (κ3) is 4.61. The average Bonchev–Trinajstić information content (AvgIpc) is 3.74. The van der Waals surface area contributed by atoms with Crippen molar-refractivity contribution in [2.45, 2.75) is 0 Å². The molecule has 7 aromatic carbocycles. The van der Waals surface area contributed by atoms with Crippen molar-refractivity contribution in [3.63, 3.8) is 0 Å². The van der Waals surface area contributed by atoms with Gasteiger partial charge in [-0.1, -0.05) is 133 Å². The first-order valence-electron chi connectivity index (χ1n) is 17.2. The third-order valence-electron chi connectivity index (χ3n) is 9.80. The summed E-state index contributed by atoms with van der Waals surface area (Å²) < 4.78 is 4.43. The molecule has 6 heteroatoms. The molecule has 10 aromatic rings. The van der Waals surface area contributed by atoms with E-state index >= 15 is 0 Å². The minimum absolute atomic E-state index is 0.476. The summed E-state index contributed by atoms with van der Waals surface area (Å²) in [5, 5.41) is 15.6. The molecule has 3 heterocycles. The van der Waals surface area contributed by atoms with Gasteiger partial charge in [-0.15, -0.1) is 0 Å². The van der Waals surface area contributed by atoms with Crippen LogP contribution in [0.2, 0.25) is 0 Å². The molecule has 0 saturated carbocycles. The molecule has 0 N–H and O–H groups in total. The fourth-order valence-corrected chi connectivity index (χ4v) is 7.54. The van der Waals surface area contributed by atoms with Crippen LogP contribution in [0.15, 0.2) is 170 Å². The number of nitrogens with zero attached hydrogens (tertiary/aromatic N) is 6. The number of nitriles is 1. The molecule has 0 aliphatic heterocycles. The van der Waals surface area contributed by atoms with E-state index in [1.165, 1.54) is 0 Å². The van der Waals surface area contributed by atoms with Crippen molar-refractivity contribution in [2.24, 2.45) is 0 Å². The van der Waals surface area contributed by atoms with E-state index in [2.05, 4.69) is 106 Å². The van der Waals surface area contributed by atoms with Gasteiger partial charge in [-0.05, 0) is 36.4 Å². The van der Waals surface area contributed by atoms with Crippen LogP contribution < -0.4 is 0 Å². The lowest BCUT2D eigenvalue weighted by atomic mass is 10.0. The summed E-state index contributed by atoms with van der Waals surface area (Å²) in [5.74, 6) is 1.58. The first-order chi connectivity index (χ1) is 25.8. The second-order valence-corrected chi connectivity index (χ2v) is 12.8. The molecule has 0 fully saturated rings. The Morgan fingerprint density at radius 3 is 1.23 bits per heavy atom. The van der Waals surface area contributed by atoms with Crippen LogP contribution in [-0.4, -0.2) is 24.1 Å². The zero-order valence-electron chi connectivity index (χ0n) is 27.8. The van der Waals surface area contributed by atoms with E-state index in [9.17, 15) is 5.26 Å². The van der Waals surface area contributed by atoms with Crippen LogP contribution in [0.1, 0.15) is 5.56 Å². The van der Waals surface area contributed by atoms with Crippen molar-refractivity contribution in [2.75, 3.05) is 0 Å². The Hall–Kier alpha value is -7.36. The van der Waals surface area contributed by atoms with Gasteiger partial charge in [0, 0.05) is 43.9 Å². The van der Waals surface area contributed by atoms with Crippen molar-refractivity contribution < 1.29 is 0 Å². The van der Waals surface area contributed by atoms with E-state index in [0.29, 0.717) is 28.7 Å². The fourth-order valence-electron chi connectivity index (χ4n) is 7.54. The van der Waals surface area contributed by atoms with Gasteiger partial charge in [-0.3, -0.25) is 0 Å². The van der Waals surface area contributed by atoms with Crippen molar-refractivity contribution in [3.05, 3.63) is 175 Å². The second kappa shape index (κ2) is 11.9. The van der Waals surface area contributed by atoms with E-state index in [4.69, 9.17) is 15.0 Å². The lowest BCUT2D eigenvalue weighted by molar-refractivity contribution is 1.06. The summed E-state index contributed by atoms with van der Waals surface area (Å²) >= 11 is 0. The van der Waals surface area contributed by atoms with Crippen LogP contribution in [-0.2, 0) is 0 Å². The van der Waals surface area contributed by atoms with Crippen molar-refractivity contribution in [1.29, 1.82) is 5.26 Å². The minimum atomic E-state index is 0.476. The Morgan fingerprint density at radius 1 is 0.404 bits per heavy atom. The summed E-state index contributed by atoms with van der Waals surface area (Å²) in [6.45, 7) is 0. The van der Waals surface area contributed by atoms with E-state index in [0.717, 1.165) is 66.0 Å². The Morgan fingerprint density at radius 2 is 0.788 bits per heavy atom. The number of fused-ring (bicyclic) bond motifs is 6. The maximum atomic E-state index is 11.1. The Kier molecular flexibility index (Phi) is 6.76. The highest BCUT2D eigenvalue weighted by Gasteiger charge is 2.24. The first-order valence-corrected chi connectivity index (χ1v) is 17.2. The molecule has 0 radical (unpaired) electrons. The van der Waals surface area contributed by atoms with Gasteiger partial charge < -0.3 is 9.13 Å². The molecular weight excluding hydrogens is 637 g/mol. The van der Waals surface area contributed by atoms with Gasteiger partial charge in [-0.2, -0.15) is 5.26 Å². The summed E-state index contributed by atoms with van der Waals surface area (Å²) in [7, 11) is 0. The van der Waals surface area contributed by atoms with Crippen LogP contribution >= 0.6 is 0 Å². The summed E-state index contributed by atoms with van der Waals surface area (Å²) in [4.78, 5) is 15.4. The number of para-hydroxylation sites is 4. The van der Waals surface area contributed by atoms with E-state index < -0.39 is 0 Å². The maximum absolute atomic E-state index is 11.1. The zero-order valence-corrected chi connectivity index (χ0v) is 27.8. The summed E-state index contributed by atoms with van der Waals surface area (Å²) in [5.41, 5.74) is 8.62. The van der Waals surface area contributed by atoms with Crippen LogP contribution in [0.3, 0.4) is 0 Å². The van der Waals surface area contributed by atoms with Gasteiger partial charge in [0.15, 0.2) is 17.5 Å². The lowest BCUT2D eigenvalue weighted by Crippen LogP contribution is -2.07. The quantitative estimate of drug-likeness (QED) is 0.184. The Labute approximate surface area is 299 Å². The predicted molar refractivity (Wildman–Crippen MR) is 210 cm³/mol. The maximum Gasteiger partial charge on any atom is 0.166 e. The molecule has 0 atom stereocenters. The molecule has 242 valence electrons. The van der Waals surface area contributed by atoms with Crippen molar-refractivity contribution in [1.82, 2.24) is 24.1 Å². The fraction of sp³-hybridized carbons (Fsp3) is 0. The number of benzene rings is 7. The highest BCUT2D eigenvalue weighted by atomic mass is 15.1. The molecule has 10 rings (SSSR count). The van der Waals surface area contributed by atoms with Gasteiger partial charge >= 0.3 is 0 Å². The second-order valence-electron chi connectivity index (χ2n) is 12.8. The van der Waals surface area contributed by atoms with Gasteiger partial charge in [0.05, 0.1) is 33.3 Å². The monoisotopic (exact) mass is 664 g/mol. The standard InChI is InChI=1S/C46H28N6/c47-29-32-27-33(51-39-23-11-7-19-34(39)35-20-8-12-24-40(35)51)28-38(43(32)52-41-25-13-9-21-36(41)37-22-10-14-26-42(37)52)46-49-44(30-15-3-1-4-16-30)48-45(50-46)31-17-5-2-6-18-31/h1-28H. The summed E-state index contributed by atoms with van der Waals surface area (Å²) in [6.07, 6.45) is 0. The average molecular weight is 665 g/mol. The Bertz CT molecular complexity index is 2860. The molecule has 0 aliphatic rings. The molecular formula is C46H28N6. The molecule has 0 bridgehead atoms. The van der Waals surface area contributed by atoms with Gasteiger partial charge in [0.25, 0.3) is 0 Å². The smallest absolute Gasteiger partial charge is 0.166 e. The molecule has 3 aromatic heterocycles. The summed E-state index contributed by atoms with van der Waals surface area (Å²) in [6, 6.07) is 60.2. The normalized spacial score (nSPS) is 11.4. The third-order valence-corrected chi connectivity index (χ3v) is 9.80. The molecule has 0 unspecified atom stereocenters. The van der Waals surface area contributed by atoms with Gasteiger partial charge in [0.2, 0.25) is 0 Å². The van der Waals surface area contributed by atoms with E-state index in [1.54, 1.807) is 0 Å². The highest BCUT2D eigenvalue weighted by Crippen LogP contribution is 2.40.